The molecule has 1 aromatic heterocycles. The van der Waals surface area contributed by atoms with Crippen LogP contribution in [-0.4, -0.2) is 32.0 Å². The van der Waals surface area contributed by atoms with Crippen molar-refractivity contribution in [3.8, 4) is 0 Å². The van der Waals surface area contributed by atoms with Gasteiger partial charge in [-0.3, -0.25) is 4.68 Å². The van der Waals surface area contributed by atoms with Crippen LogP contribution in [0.3, 0.4) is 0 Å². The van der Waals surface area contributed by atoms with Gasteiger partial charge < -0.3 is 10.8 Å². The van der Waals surface area contributed by atoms with E-state index < -0.39 is 5.60 Å². The van der Waals surface area contributed by atoms with Gasteiger partial charge in [0.15, 0.2) is 5.82 Å². The molecule has 5 nitrogen and oxygen atoms in total. The first-order valence-electron chi connectivity index (χ1n) is 5.65. The predicted octanol–water partition coefficient (Wildman–Crippen LogP) is 0.266. The summed E-state index contributed by atoms with van der Waals surface area (Å²) in [5.41, 5.74) is 4.58. The molecule has 1 rings (SSSR count). The quantitative estimate of drug-likeness (QED) is 0.755. The fourth-order valence-electron chi connectivity index (χ4n) is 1.49. The van der Waals surface area contributed by atoms with Crippen molar-refractivity contribution in [3.63, 3.8) is 0 Å². The number of aliphatic hydroxyl groups is 1. The lowest BCUT2D eigenvalue weighted by Crippen LogP contribution is -2.37. The first-order valence-corrected chi connectivity index (χ1v) is 5.65. The minimum atomic E-state index is -0.907. The van der Waals surface area contributed by atoms with Crippen LogP contribution in [0.4, 0.5) is 0 Å². The van der Waals surface area contributed by atoms with Gasteiger partial charge in [-0.2, -0.15) is 5.10 Å². The van der Waals surface area contributed by atoms with Crippen molar-refractivity contribution in [2.24, 2.45) is 18.7 Å². The Morgan fingerprint density at radius 3 is 2.62 bits per heavy atom. The lowest BCUT2D eigenvalue weighted by Gasteiger charge is -2.19. The molecule has 1 unspecified atom stereocenters. The van der Waals surface area contributed by atoms with Crippen molar-refractivity contribution in [2.75, 3.05) is 6.54 Å². The van der Waals surface area contributed by atoms with Crippen LogP contribution in [-0.2, 0) is 19.9 Å². The van der Waals surface area contributed by atoms with Gasteiger partial charge in [0.25, 0.3) is 0 Å². The topological polar surface area (TPSA) is 77.0 Å². The summed E-state index contributed by atoms with van der Waals surface area (Å²) in [6.45, 7) is 6.20. The summed E-state index contributed by atoms with van der Waals surface area (Å²) in [6, 6.07) is 0. The number of aryl methyl sites for hydroxylation is 1. The molecular formula is C11H22N4O. The smallest absolute Gasteiger partial charge is 0.151 e. The molecule has 0 spiro atoms. The summed E-state index contributed by atoms with van der Waals surface area (Å²) in [6.07, 6.45) is 1.30. The second-order valence-corrected chi connectivity index (χ2v) is 5.04. The van der Waals surface area contributed by atoms with Crippen LogP contribution in [0.1, 0.15) is 32.4 Å². The minimum Gasteiger partial charge on any atom is -0.388 e. The van der Waals surface area contributed by atoms with E-state index >= 15 is 0 Å². The molecule has 1 heterocycles. The van der Waals surface area contributed by atoms with E-state index in [9.17, 15) is 5.11 Å². The average Bonchev–Trinajstić information content (AvgIpc) is 2.45. The summed E-state index contributed by atoms with van der Waals surface area (Å²) in [5, 5.41) is 14.2. The van der Waals surface area contributed by atoms with Crippen LogP contribution in [0.25, 0.3) is 0 Å². The van der Waals surface area contributed by atoms with E-state index in [-0.39, 0.29) is 6.54 Å². The highest BCUT2D eigenvalue weighted by atomic mass is 16.3. The Balaban J connectivity index is 2.78. The average molecular weight is 226 g/mol. The summed E-state index contributed by atoms with van der Waals surface area (Å²) in [5.74, 6) is 2.15. The zero-order valence-electron chi connectivity index (χ0n) is 10.6. The van der Waals surface area contributed by atoms with Gasteiger partial charge in [-0.15, -0.1) is 0 Å². The van der Waals surface area contributed by atoms with Gasteiger partial charge in [0.05, 0.1) is 5.60 Å². The van der Waals surface area contributed by atoms with Crippen LogP contribution in [0, 0.1) is 5.92 Å². The van der Waals surface area contributed by atoms with Crippen molar-refractivity contribution >= 4 is 0 Å². The molecular weight excluding hydrogens is 204 g/mol. The Morgan fingerprint density at radius 1 is 1.50 bits per heavy atom. The number of rotatable bonds is 5. The van der Waals surface area contributed by atoms with Gasteiger partial charge in [0, 0.05) is 26.4 Å². The summed E-state index contributed by atoms with van der Waals surface area (Å²) in [7, 11) is 1.85. The largest absolute Gasteiger partial charge is 0.388 e. The molecule has 5 heteroatoms. The van der Waals surface area contributed by atoms with Gasteiger partial charge in [0.2, 0.25) is 0 Å². The van der Waals surface area contributed by atoms with Crippen molar-refractivity contribution < 1.29 is 5.11 Å². The third kappa shape index (κ3) is 3.57. The standard InChI is InChI=1S/C11H22N4O/c1-8(2)5-9-13-10(15(4)14-9)6-11(3,16)7-12/h8,16H,5-7,12H2,1-4H3. The Bertz CT molecular complexity index is 344. The van der Waals surface area contributed by atoms with Crippen LogP contribution >= 0.6 is 0 Å². The molecule has 0 radical (unpaired) electrons. The highest BCUT2D eigenvalue weighted by Gasteiger charge is 2.22. The van der Waals surface area contributed by atoms with Crippen molar-refractivity contribution in [3.05, 3.63) is 11.6 Å². The van der Waals surface area contributed by atoms with Gasteiger partial charge in [-0.25, -0.2) is 4.98 Å². The highest BCUT2D eigenvalue weighted by Crippen LogP contribution is 2.11. The molecule has 1 aromatic rings. The van der Waals surface area contributed by atoms with Gasteiger partial charge in [-0.05, 0) is 12.8 Å². The third-order valence-electron chi connectivity index (χ3n) is 2.47. The molecule has 0 aromatic carbocycles. The fourth-order valence-corrected chi connectivity index (χ4v) is 1.49. The van der Waals surface area contributed by atoms with Crippen LogP contribution < -0.4 is 5.73 Å². The first-order chi connectivity index (χ1) is 7.34. The number of aromatic nitrogens is 3. The van der Waals surface area contributed by atoms with E-state index in [2.05, 4.69) is 23.9 Å². The monoisotopic (exact) mass is 226 g/mol. The normalized spacial score (nSPS) is 15.4. The zero-order chi connectivity index (χ0) is 12.3. The van der Waals surface area contributed by atoms with E-state index in [1.165, 1.54) is 0 Å². The van der Waals surface area contributed by atoms with E-state index in [4.69, 9.17) is 5.73 Å². The van der Waals surface area contributed by atoms with Gasteiger partial charge in [-0.1, -0.05) is 13.8 Å². The Kier molecular flexibility index (Phi) is 4.04. The SMILES string of the molecule is CC(C)Cc1nc(CC(C)(O)CN)n(C)n1. The van der Waals surface area contributed by atoms with Crippen LogP contribution in [0.15, 0.2) is 0 Å². The highest BCUT2D eigenvalue weighted by molar-refractivity contribution is 4.98. The maximum absolute atomic E-state index is 9.89. The molecule has 1 atom stereocenters. The Morgan fingerprint density at radius 2 is 2.12 bits per heavy atom. The van der Waals surface area contributed by atoms with Crippen molar-refractivity contribution in [1.29, 1.82) is 0 Å². The molecule has 0 aliphatic heterocycles. The second-order valence-electron chi connectivity index (χ2n) is 5.04. The summed E-state index contributed by atoms with van der Waals surface area (Å²) < 4.78 is 1.72. The fraction of sp³-hybridized carbons (Fsp3) is 0.818. The second kappa shape index (κ2) is 4.93. The molecule has 16 heavy (non-hydrogen) atoms. The number of hydrogen-bond acceptors (Lipinski definition) is 4. The molecule has 0 saturated heterocycles. The number of nitrogens with two attached hydrogens (primary N) is 1. The first kappa shape index (κ1) is 13.1. The molecule has 0 aliphatic carbocycles. The van der Waals surface area contributed by atoms with Gasteiger partial charge in [0.1, 0.15) is 5.82 Å². The molecule has 92 valence electrons. The number of nitrogens with zero attached hydrogens (tertiary/aromatic N) is 3. The summed E-state index contributed by atoms with van der Waals surface area (Å²) in [4.78, 5) is 4.42. The lowest BCUT2D eigenvalue weighted by molar-refractivity contribution is 0.0666. The van der Waals surface area contributed by atoms with E-state index in [1.807, 2.05) is 7.05 Å². The van der Waals surface area contributed by atoms with E-state index in [1.54, 1.807) is 11.6 Å². The molecule has 0 saturated carbocycles. The van der Waals surface area contributed by atoms with Gasteiger partial charge >= 0.3 is 0 Å². The van der Waals surface area contributed by atoms with Crippen molar-refractivity contribution in [1.82, 2.24) is 14.8 Å². The Hall–Kier alpha value is -0.940. The lowest BCUT2D eigenvalue weighted by atomic mass is 10.0. The zero-order valence-corrected chi connectivity index (χ0v) is 10.6. The molecule has 0 aliphatic rings. The number of hydrogen-bond donors (Lipinski definition) is 2. The summed E-state index contributed by atoms with van der Waals surface area (Å²) >= 11 is 0. The predicted molar refractivity (Wildman–Crippen MR) is 62.9 cm³/mol. The molecule has 0 bridgehead atoms. The van der Waals surface area contributed by atoms with Crippen molar-refractivity contribution in [2.45, 2.75) is 39.2 Å². The van der Waals surface area contributed by atoms with E-state index in [0.29, 0.717) is 12.3 Å². The molecule has 3 N–H and O–H groups in total. The molecule has 0 amide bonds. The maximum atomic E-state index is 9.89. The Labute approximate surface area is 96.7 Å². The van der Waals surface area contributed by atoms with Crippen LogP contribution in [0.2, 0.25) is 0 Å². The molecule has 0 fully saturated rings. The van der Waals surface area contributed by atoms with Crippen LogP contribution in [0.5, 0.6) is 0 Å². The third-order valence-corrected chi connectivity index (χ3v) is 2.47. The minimum absolute atomic E-state index is 0.222. The maximum Gasteiger partial charge on any atom is 0.151 e. The van der Waals surface area contributed by atoms with E-state index in [0.717, 1.165) is 18.1 Å².